The Morgan fingerprint density at radius 2 is 1.62 bits per heavy atom. The lowest BCUT2D eigenvalue weighted by molar-refractivity contribution is -0.0819. The van der Waals surface area contributed by atoms with Gasteiger partial charge in [-0.2, -0.15) is 0 Å². The first kappa shape index (κ1) is 20.5. The zero-order valence-corrected chi connectivity index (χ0v) is 17.4. The molecule has 3 fully saturated rings. The number of methoxy groups -OCH3 is 3. The lowest BCUT2D eigenvalue weighted by Crippen LogP contribution is -2.56. The summed E-state index contributed by atoms with van der Waals surface area (Å²) in [6.07, 6.45) is 9.53. The van der Waals surface area contributed by atoms with Crippen LogP contribution in [0.1, 0.15) is 44.9 Å². The van der Waals surface area contributed by atoms with Gasteiger partial charge in [0.1, 0.15) is 0 Å². The first-order chi connectivity index (χ1) is 12.6. The number of piperidine rings is 1. The van der Waals surface area contributed by atoms with Crippen molar-refractivity contribution in [3.63, 3.8) is 0 Å². The first-order valence-electron chi connectivity index (χ1n) is 10.6. The lowest BCUT2D eigenvalue weighted by atomic mass is 9.66. The number of hydrogen-bond acceptors (Lipinski definition) is 5. The van der Waals surface area contributed by atoms with E-state index >= 15 is 0 Å². The van der Waals surface area contributed by atoms with Crippen molar-refractivity contribution >= 4 is 0 Å². The Labute approximate surface area is 160 Å². The number of nitrogens with zero attached hydrogens (tertiary/aromatic N) is 1. The van der Waals surface area contributed by atoms with Crippen LogP contribution < -0.4 is 5.32 Å². The molecular weight excluding hydrogens is 328 g/mol. The molecule has 0 aromatic carbocycles. The van der Waals surface area contributed by atoms with Crippen molar-refractivity contribution in [1.82, 2.24) is 10.2 Å². The second kappa shape index (κ2) is 9.33. The third-order valence-corrected chi connectivity index (χ3v) is 7.72. The second-order valence-electron chi connectivity index (χ2n) is 8.86. The monoisotopic (exact) mass is 368 g/mol. The summed E-state index contributed by atoms with van der Waals surface area (Å²) >= 11 is 0. The van der Waals surface area contributed by atoms with Gasteiger partial charge in [-0.1, -0.05) is 0 Å². The SMILES string of the molecule is CNC1CC2CCN(C)C(CC3CCC(OC)C(OC)C3)C2CC1OC. The first-order valence-corrected chi connectivity index (χ1v) is 10.6. The molecule has 2 saturated carbocycles. The molecule has 1 heterocycles. The Kier molecular flexibility index (Phi) is 7.37. The van der Waals surface area contributed by atoms with Crippen molar-refractivity contribution in [2.45, 2.75) is 75.3 Å². The highest BCUT2D eigenvalue weighted by molar-refractivity contribution is 4.99. The van der Waals surface area contributed by atoms with Gasteiger partial charge < -0.3 is 24.4 Å². The van der Waals surface area contributed by atoms with Crippen molar-refractivity contribution in [2.24, 2.45) is 17.8 Å². The fourth-order valence-corrected chi connectivity index (χ4v) is 6.12. The molecule has 1 saturated heterocycles. The number of nitrogens with one attached hydrogen (secondary N) is 1. The van der Waals surface area contributed by atoms with Crippen molar-refractivity contribution in [3.05, 3.63) is 0 Å². The summed E-state index contributed by atoms with van der Waals surface area (Å²) in [4.78, 5) is 2.64. The second-order valence-corrected chi connectivity index (χ2v) is 8.86. The highest BCUT2D eigenvalue weighted by Crippen LogP contribution is 2.44. The van der Waals surface area contributed by atoms with Crippen LogP contribution in [0.5, 0.6) is 0 Å². The Hall–Kier alpha value is -0.200. The van der Waals surface area contributed by atoms with Gasteiger partial charge >= 0.3 is 0 Å². The van der Waals surface area contributed by atoms with E-state index in [1.165, 1.54) is 38.6 Å². The Bertz CT molecular complexity index is 435. The van der Waals surface area contributed by atoms with Crippen molar-refractivity contribution < 1.29 is 14.2 Å². The number of fused-ring (bicyclic) bond motifs is 1. The van der Waals surface area contributed by atoms with Crippen LogP contribution in [0.25, 0.3) is 0 Å². The summed E-state index contributed by atoms with van der Waals surface area (Å²) in [5.74, 6) is 2.36. The van der Waals surface area contributed by atoms with Crippen LogP contribution in [-0.2, 0) is 14.2 Å². The number of likely N-dealkylation sites (tertiary alicyclic amines) is 1. The molecule has 0 radical (unpaired) electrons. The zero-order valence-electron chi connectivity index (χ0n) is 17.4. The maximum atomic E-state index is 5.86. The molecule has 5 heteroatoms. The molecule has 5 nitrogen and oxygen atoms in total. The van der Waals surface area contributed by atoms with E-state index in [1.54, 1.807) is 0 Å². The number of hydrogen-bond donors (Lipinski definition) is 1. The summed E-state index contributed by atoms with van der Waals surface area (Å²) < 4.78 is 17.2. The molecule has 3 aliphatic rings. The van der Waals surface area contributed by atoms with E-state index in [4.69, 9.17) is 14.2 Å². The molecule has 1 aliphatic heterocycles. The maximum absolute atomic E-state index is 5.86. The molecule has 8 unspecified atom stereocenters. The molecule has 0 aromatic rings. The fraction of sp³-hybridized carbons (Fsp3) is 1.00. The summed E-state index contributed by atoms with van der Waals surface area (Å²) in [6.45, 7) is 1.24. The lowest BCUT2D eigenvalue weighted by Gasteiger charge is -2.51. The maximum Gasteiger partial charge on any atom is 0.0835 e. The van der Waals surface area contributed by atoms with Crippen molar-refractivity contribution in [3.8, 4) is 0 Å². The highest BCUT2D eigenvalue weighted by Gasteiger charge is 2.45. The summed E-state index contributed by atoms with van der Waals surface area (Å²) in [7, 11) is 9.96. The Morgan fingerprint density at radius 1 is 0.885 bits per heavy atom. The average Bonchev–Trinajstić information content (AvgIpc) is 2.68. The van der Waals surface area contributed by atoms with Crippen molar-refractivity contribution in [1.29, 1.82) is 0 Å². The van der Waals surface area contributed by atoms with E-state index in [0.29, 0.717) is 18.2 Å². The summed E-state index contributed by atoms with van der Waals surface area (Å²) in [6, 6.07) is 1.20. The molecule has 152 valence electrons. The molecule has 0 spiro atoms. The van der Waals surface area contributed by atoms with Gasteiger partial charge in [-0.15, -0.1) is 0 Å². The van der Waals surface area contributed by atoms with Crippen LogP contribution in [-0.4, -0.2) is 77.3 Å². The molecule has 0 aromatic heterocycles. The van der Waals surface area contributed by atoms with E-state index in [1.807, 2.05) is 21.3 Å². The van der Waals surface area contributed by atoms with Gasteiger partial charge in [0.25, 0.3) is 0 Å². The Balaban J connectivity index is 1.66. The van der Waals surface area contributed by atoms with E-state index in [9.17, 15) is 0 Å². The molecule has 2 aliphatic carbocycles. The van der Waals surface area contributed by atoms with E-state index < -0.39 is 0 Å². The van der Waals surface area contributed by atoms with Crippen molar-refractivity contribution in [2.75, 3.05) is 42.0 Å². The van der Waals surface area contributed by atoms with Gasteiger partial charge in [-0.3, -0.25) is 0 Å². The van der Waals surface area contributed by atoms with Gasteiger partial charge in [0, 0.05) is 33.4 Å². The largest absolute Gasteiger partial charge is 0.380 e. The van der Waals surface area contributed by atoms with Gasteiger partial charge in [0.05, 0.1) is 18.3 Å². The fourth-order valence-electron chi connectivity index (χ4n) is 6.12. The van der Waals surface area contributed by atoms with Gasteiger partial charge in [-0.05, 0) is 83.3 Å². The quantitative estimate of drug-likeness (QED) is 0.780. The third kappa shape index (κ3) is 4.27. The normalized spacial score (nSPS) is 44.7. The Morgan fingerprint density at radius 3 is 2.27 bits per heavy atom. The number of ether oxygens (including phenoxy) is 3. The molecule has 0 bridgehead atoms. The topological polar surface area (TPSA) is 43.0 Å². The molecule has 1 N–H and O–H groups in total. The van der Waals surface area contributed by atoms with Gasteiger partial charge in [0.2, 0.25) is 0 Å². The van der Waals surface area contributed by atoms with E-state index in [0.717, 1.165) is 30.6 Å². The minimum Gasteiger partial charge on any atom is -0.380 e. The van der Waals surface area contributed by atoms with E-state index in [-0.39, 0.29) is 12.2 Å². The third-order valence-electron chi connectivity index (χ3n) is 7.72. The number of likely N-dealkylation sites (N-methyl/N-ethyl adjacent to an activating group) is 1. The standard InChI is InChI=1S/C21H40N2O3/c1-22-17-12-15-8-9-23(2)18(16(15)13-20(17)25-4)10-14-6-7-19(24-3)21(11-14)26-5/h14-22H,6-13H2,1-5H3. The average molecular weight is 369 g/mol. The van der Waals surface area contributed by atoms with Crippen LogP contribution in [0.2, 0.25) is 0 Å². The van der Waals surface area contributed by atoms with Crippen LogP contribution in [0.4, 0.5) is 0 Å². The summed E-state index contributed by atoms with van der Waals surface area (Å²) in [5.41, 5.74) is 0. The van der Waals surface area contributed by atoms with Crippen LogP contribution in [0, 0.1) is 17.8 Å². The predicted octanol–water partition coefficient (Wildman–Crippen LogP) is 2.54. The zero-order chi connectivity index (χ0) is 18.7. The van der Waals surface area contributed by atoms with Gasteiger partial charge in [0.15, 0.2) is 0 Å². The molecule has 26 heavy (non-hydrogen) atoms. The predicted molar refractivity (Wildman–Crippen MR) is 104 cm³/mol. The minimum atomic E-state index is 0.259. The van der Waals surface area contributed by atoms with E-state index in [2.05, 4.69) is 24.3 Å². The van der Waals surface area contributed by atoms with Crippen LogP contribution >= 0.6 is 0 Å². The van der Waals surface area contributed by atoms with Crippen LogP contribution in [0.3, 0.4) is 0 Å². The highest BCUT2D eigenvalue weighted by atomic mass is 16.5. The number of rotatable bonds is 6. The minimum absolute atomic E-state index is 0.259. The van der Waals surface area contributed by atoms with Crippen LogP contribution in [0.15, 0.2) is 0 Å². The molecule has 0 amide bonds. The summed E-state index contributed by atoms with van der Waals surface area (Å²) in [5, 5.41) is 3.50. The molecule has 3 rings (SSSR count). The molecule has 8 atom stereocenters. The van der Waals surface area contributed by atoms with Gasteiger partial charge in [-0.25, -0.2) is 0 Å². The molecular formula is C21H40N2O3. The smallest absolute Gasteiger partial charge is 0.0835 e.